The highest BCUT2D eigenvalue weighted by Gasteiger charge is 2.27. The number of benzene rings is 5. The van der Waals surface area contributed by atoms with Crippen LogP contribution in [0, 0.1) is 0 Å². The second-order valence-corrected chi connectivity index (χ2v) is 12.1. The van der Waals surface area contributed by atoms with Gasteiger partial charge < -0.3 is 0 Å². The summed E-state index contributed by atoms with van der Waals surface area (Å²) in [4.78, 5) is 10.7. The molecule has 0 unspecified atom stereocenters. The third kappa shape index (κ3) is 4.10. The van der Waals surface area contributed by atoms with Gasteiger partial charge in [0.2, 0.25) is 0 Å². The molecule has 0 saturated heterocycles. The molecule has 0 fully saturated rings. The molecule has 0 spiro atoms. The molecule has 5 aromatic carbocycles. The van der Waals surface area contributed by atoms with Gasteiger partial charge in [0.25, 0.3) is 0 Å². The molecule has 1 heterocycles. The average molecular weight is 563 g/mol. The van der Waals surface area contributed by atoms with Crippen LogP contribution in [0.3, 0.4) is 0 Å². The van der Waals surface area contributed by atoms with Crippen molar-refractivity contribution in [3.05, 3.63) is 161 Å². The van der Waals surface area contributed by atoms with Crippen LogP contribution in [-0.4, -0.2) is 9.97 Å². The Hall–Kier alpha value is -5.34. The Labute approximate surface area is 258 Å². The van der Waals surface area contributed by atoms with Crippen molar-refractivity contribution in [3.8, 4) is 56.2 Å². The lowest BCUT2D eigenvalue weighted by atomic mass is 9.91. The Kier molecular flexibility index (Phi) is 5.80. The fraction of sp³-hybridized carbons (Fsp3) is 0.0952. The van der Waals surface area contributed by atoms with E-state index in [0.29, 0.717) is 0 Å². The molecule has 6 aromatic rings. The Morgan fingerprint density at radius 2 is 1.16 bits per heavy atom. The highest BCUT2D eigenvalue weighted by molar-refractivity contribution is 5.90. The van der Waals surface area contributed by atoms with Gasteiger partial charge in [0.15, 0.2) is 5.82 Å². The molecule has 208 valence electrons. The van der Waals surface area contributed by atoms with Crippen LogP contribution in [0.25, 0.3) is 61.7 Å². The summed E-state index contributed by atoms with van der Waals surface area (Å²) in [6.45, 7) is 0. The molecule has 2 nitrogen and oxygen atoms in total. The number of allylic oxidation sites excluding steroid dienone is 4. The summed E-state index contributed by atoms with van der Waals surface area (Å²) in [6, 6.07) is 43.7. The van der Waals surface area contributed by atoms with Gasteiger partial charge in [0, 0.05) is 28.7 Å². The van der Waals surface area contributed by atoms with Crippen LogP contribution < -0.4 is 0 Å². The SMILES string of the molecule is C1=CC2=C(CC1)Cc1c2cccc1-c1cc(-c2ccccc2)cc(-c2nc(-c3ccccc3)c3c(n2)-c2ccccc2C3)c1. The molecular weight excluding hydrogens is 532 g/mol. The van der Waals surface area contributed by atoms with Crippen LogP contribution in [0.4, 0.5) is 0 Å². The van der Waals surface area contributed by atoms with E-state index in [-0.39, 0.29) is 0 Å². The first-order valence-corrected chi connectivity index (χ1v) is 15.6. The second-order valence-electron chi connectivity index (χ2n) is 12.1. The summed E-state index contributed by atoms with van der Waals surface area (Å²) in [6.07, 6.45) is 8.83. The van der Waals surface area contributed by atoms with Crippen molar-refractivity contribution in [3.63, 3.8) is 0 Å². The van der Waals surface area contributed by atoms with E-state index in [1.165, 1.54) is 55.6 Å². The van der Waals surface area contributed by atoms with Crippen LogP contribution in [0.2, 0.25) is 0 Å². The van der Waals surface area contributed by atoms with E-state index >= 15 is 0 Å². The lowest BCUT2D eigenvalue weighted by Crippen LogP contribution is -2.00. The molecule has 3 aliphatic carbocycles. The molecule has 2 heteroatoms. The van der Waals surface area contributed by atoms with Crippen molar-refractivity contribution in [1.82, 2.24) is 9.97 Å². The van der Waals surface area contributed by atoms with Gasteiger partial charge in [-0.05, 0) is 82.0 Å². The zero-order valence-corrected chi connectivity index (χ0v) is 24.4. The molecule has 0 amide bonds. The van der Waals surface area contributed by atoms with Crippen molar-refractivity contribution in [2.24, 2.45) is 0 Å². The van der Waals surface area contributed by atoms with Crippen LogP contribution in [0.1, 0.15) is 35.1 Å². The van der Waals surface area contributed by atoms with Gasteiger partial charge >= 0.3 is 0 Å². The summed E-state index contributed by atoms with van der Waals surface area (Å²) in [5, 5.41) is 0. The molecular formula is C42H30N2. The standard InChI is InChI=1S/C42H30N2/c1-3-12-27(13-4-1)31-22-32(35-20-11-21-37-34-18-9-7-16-29(34)25-38(35)37)24-33(23-31)42-43-40(28-14-5-2-6-15-28)39-26-30-17-8-10-19-36(30)41(39)44-42/h1-6,8-15,17-24H,7,16,25-26H2. The molecule has 9 rings (SSSR count). The summed E-state index contributed by atoms with van der Waals surface area (Å²) >= 11 is 0. The first-order chi connectivity index (χ1) is 21.8. The number of aromatic nitrogens is 2. The maximum Gasteiger partial charge on any atom is 0.160 e. The first kappa shape index (κ1) is 25.2. The van der Waals surface area contributed by atoms with E-state index in [9.17, 15) is 0 Å². The molecule has 0 N–H and O–H groups in total. The second kappa shape index (κ2) is 10.1. The third-order valence-corrected chi connectivity index (χ3v) is 9.44. The van der Waals surface area contributed by atoms with E-state index in [1.807, 2.05) is 0 Å². The van der Waals surface area contributed by atoms with Gasteiger partial charge in [-0.2, -0.15) is 0 Å². The summed E-state index contributed by atoms with van der Waals surface area (Å²) in [5.74, 6) is 0.770. The van der Waals surface area contributed by atoms with Crippen molar-refractivity contribution < 1.29 is 0 Å². The number of fused-ring (bicyclic) bond motifs is 5. The van der Waals surface area contributed by atoms with Gasteiger partial charge in [-0.15, -0.1) is 0 Å². The summed E-state index contributed by atoms with van der Waals surface area (Å²) < 4.78 is 0. The van der Waals surface area contributed by atoms with Gasteiger partial charge in [0.1, 0.15) is 0 Å². The predicted octanol–water partition coefficient (Wildman–Crippen LogP) is 10.4. The van der Waals surface area contributed by atoms with Gasteiger partial charge in [-0.3, -0.25) is 0 Å². The Bertz CT molecular complexity index is 2150. The van der Waals surface area contributed by atoms with Crippen LogP contribution in [0.15, 0.2) is 139 Å². The van der Waals surface area contributed by atoms with Gasteiger partial charge in [-0.1, -0.05) is 121 Å². The van der Waals surface area contributed by atoms with Crippen LogP contribution in [0.5, 0.6) is 0 Å². The van der Waals surface area contributed by atoms with Gasteiger partial charge in [-0.25, -0.2) is 9.97 Å². The summed E-state index contributed by atoms with van der Waals surface area (Å²) in [5.41, 5.74) is 18.7. The maximum absolute atomic E-state index is 5.34. The minimum atomic E-state index is 0.770. The van der Waals surface area contributed by atoms with Crippen LogP contribution >= 0.6 is 0 Å². The minimum absolute atomic E-state index is 0.770. The Morgan fingerprint density at radius 3 is 2.02 bits per heavy atom. The van der Waals surface area contributed by atoms with E-state index < -0.39 is 0 Å². The summed E-state index contributed by atoms with van der Waals surface area (Å²) in [7, 11) is 0. The molecule has 0 aliphatic heterocycles. The first-order valence-electron chi connectivity index (χ1n) is 15.6. The quantitative estimate of drug-likeness (QED) is 0.213. The molecule has 1 aromatic heterocycles. The molecule has 0 atom stereocenters. The lowest BCUT2D eigenvalue weighted by Gasteiger charge is -2.15. The monoisotopic (exact) mass is 562 g/mol. The fourth-order valence-electron chi connectivity index (χ4n) is 7.33. The number of rotatable bonds is 4. The van der Waals surface area contributed by atoms with E-state index in [2.05, 4.69) is 133 Å². The van der Waals surface area contributed by atoms with Crippen molar-refractivity contribution in [2.75, 3.05) is 0 Å². The van der Waals surface area contributed by atoms with Gasteiger partial charge in [0.05, 0.1) is 11.4 Å². The predicted molar refractivity (Wildman–Crippen MR) is 181 cm³/mol. The van der Waals surface area contributed by atoms with Crippen LogP contribution in [-0.2, 0) is 12.8 Å². The molecule has 0 bridgehead atoms. The Morgan fingerprint density at radius 1 is 0.477 bits per heavy atom. The normalized spacial score (nSPS) is 14.3. The van der Waals surface area contributed by atoms with Crippen molar-refractivity contribution >= 4 is 5.57 Å². The van der Waals surface area contributed by atoms with Crippen molar-refractivity contribution in [2.45, 2.75) is 25.7 Å². The third-order valence-electron chi connectivity index (χ3n) is 9.44. The van der Waals surface area contributed by atoms with E-state index in [0.717, 1.165) is 54.0 Å². The molecule has 3 aliphatic rings. The van der Waals surface area contributed by atoms with E-state index in [1.54, 1.807) is 5.57 Å². The topological polar surface area (TPSA) is 25.8 Å². The highest BCUT2D eigenvalue weighted by Crippen LogP contribution is 2.45. The van der Waals surface area contributed by atoms with Crippen molar-refractivity contribution in [1.29, 1.82) is 0 Å². The molecule has 44 heavy (non-hydrogen) atoms. The smallest absolute Gasteiger partial charge is 0.160 e. The average Bonchev–Trinajstić information content (AvgIpc) is 3.67. The van der Waals surface area contributed by atoms with E-state index in [4.69, 9.17) is 9.97 Å². The largest absolute Gasteiger partial charge is 0.228 e. The lowest BCUT2D eigenvalue weighted by molar-refractivity contribution is 0.935. The number of hydrogen-bond donors (Lipinski definition) is 0. The Balaban J connectivity index is 1.27. The maximum atomic E-state index is 5.34. The zero-order valence-electron chi connectivity index (χ0n) is 24.4. The fourth-order valence-corrected chi connectivity index (χ4v) is 7.33. The molecule has 0 radical (unpaired) electrons. The zero-order chi connectivity index (χ0) is 29.0. The minimum Gasteiger partial charge on any atom is -0.228 e. The number of hydrogen-bond acceptors (Lipinski definition) is 2. The highest BCUT2D eigenvalue weighted by atomic mass is 14.9. The number of nitrogens with zero attached hydrogens (tertiary/aromatic N) is 2. The molecule has 0 saturated carbocycles.